The molecule has 726 valence electrons. The zero-order chi connectivity index (χ0) is 90.5. The molecule has 1 fully saturated rings. The van der Waals surface area contributed by atoms with Gasteiger partial charge in [0, 0.05) is 33.6 Å². The fourth-order valence-corrected chi connectivity index (χ4v) is 21.0. The summed E-state index contributed by atoms with van der Waals surface area (Å²) in [5.41, 5.74) is 0. The van der Waals surface area contributed by atoms with Crippen LogP contribution in [0.2, 0.25) is 0 Å². The van der Waals surface area contributed by atoms with Crippen LogP contribution in [0.1, 0.15) is 450 Å². The lowest BCUT2D eigenvalue weighted by Crippen LogP contribution is -2.51. The highest BCUT2D eigenvalue weighted by Crippen LogP contribution is 2.61. The number of likely N-dealkylation sites (tertiary alicyclic amines) is 1. The third-order valence-electron chi connectivity index (χ3n) is 26.1. The Kier molecular flexibility index (Phi) is 106. The van der Waals surface area contributed by atoms with E-state index >= 15 is 0 Å². The van der Waals surface area contributed by atoms with Crippen LogP contribution < -0.4 is 0 Å². The monoisotopic (exact) mass is 1720 g/mol. The van der Waals surface area contributed by atoms with Gasteiger partial charge in [-0.1, -0.05) is 282 Å². The summed E-state index contributed by atoms with van der Waals surface area (Å²) in [6, 6.07) is 0. The van der Waals surface area contributed by atoms with Gasteiger partial charge in [-0.25, -0.2) is 0 Å². The Morgan fingerprint density at radius 2 is 0.521 bits per heavy atom. The summed E-state index contributed by atoms with van der Waals surface area (Å²) >= 11 is 0. The number of hydrogen-bond acceptors (Lipinski definition) is 5. The van der Waals surface area contributed by atoms with Gasteiger partial charge in [0.1, 0.15) is 26.2 Å². The molecule has 0 saturated carbocycles. The van der Waals surface area contributed by atoms with E-state index in [1.165, 1.54) is 408 Å². The fourth-order valence-electron chi connectivity index (χ4n) is 16.1. The quantitative estimate of drug-likeness (QED) is 0.0374. The van der Waals surface area contributed by atoms with Gasteiger partial charge >= 0.3 is 0 Å². The van der Waals surface area contributed by atoms with Gasteiger partial charge in [-0.3, -0.25) is 0 Å². The molecule has 0 atom stereocenters. The van der Waals surface area contributed by atoms with Crippen molar-refractivity contribution in [1.82, 2.24) is 4.90 Å². The molecule has 0 unspecified atom stereocenters. The molecule has 1 rings (SSSR count). The predicted molar refractivity (Wildman–Crippen MR) is 547 cm³/mol. The molecule has 1 saturated heterocycles. The topological polar surface area (TPSA) is 51.2 Å². The van der Waals surface area contributed by atoms with Crippen LogP contribution in [-0.4, -0.2) is 291 Å². The first-order valence-corrected chi connectivity index (χ1v) is 56.4. The summed E-state index contributed by atoms with van der Waals surface area (Å²) in [4.78, 5) is 2.27. The minimum absolute atomic E-state index is 0.306. The summed E-state index contributed by atoms with van der Waals surface area (Å²) in [6.07, 6.45) is 84.5. The number of hydrogen-bond donors (Lipinski definition) is 1. The number of aliphatic hydroxyl groups is 1. The van der Waals surface area contributed by atoms with Gasteiger partial charge in [0.05, 0.1) is 187 Å². The van der Waals surface area contributed by atoms with Crippen LogP contribution in [0.5, 0.6) is 0 Å². The number of aliphatic hydroxyl groups excluding tert-OH is 1. The van der Waals surface area contributed by atoms with E-state index in [1.807, 2.05) is 6.92 Å². The number of rotatable bonds is 80. The number of unbranched alkanes of at least 4 members (excludes halogenated alkanes) is 41. The maximum Gasteiger partial charge on any atom is 0.102 e. The van der Waals surface area contributed by atoms with Crippen molar-refractivity contribution >= 4 is 7.26 Å². The summed E-state index contributed by atoms with van der Waals surface area (Å²) in [5.74, 6) is 0. The maximum absolute atomic E-state index is 8.79. The van der Waals surface area contributed by atoms with Crippen LogP contribution in [-0.2, 0) is 14.2 Å². The van der Waals surface area contributed by atoms with Gasteiger partial charge in [0.15, 0.2) is 0 Å². The van der Waals surface area contributed by atoms with Crippen molar-refractivity contribution in [1.29, 1.82) is 0 Å². The first-order chi connectivity index (χ1) is 57.0. The van der Waals surface area contributed by atoms with Gasteiger partial charge < -0.3 is 51.1 Å². The molecule has 12 heteroatoms. The lowest BCUT2D eigenvalue weighted by molar-refractivity contribution is -0.931. The van der Waals surface area contributed by atoms with Gasteiger partial charge in [0.2, 0.25) is 0 Å². The molecular formula is C107H241N7O4P+7. The molecule has 1 aliphatic heterocycles. The zero-order valence-electron chi connectivity index (χ0n) is 88.5. The van der Waals surface area contributed by atoms with Crippen molar-refractivity contribution in [3.05, 3.63) is 0 Å². The van der Waals surface area contributed by atoms with Crippen LogP contribution in [0.15, 0.2) is 0 Å². The molecule has 1 N–H and O–H groups in total. The first kappa shape index (κ1) is 130. The van der Waals surface area contributed by atoms with Crippen LogP contribution in [0.3, 0.4) is 0 Å². The van der Waals surface area contributed by atoms with Crippen LogP contribution in [0, 0.1) is 0 Å². The Hall–Kier alpha value is -0.01000. The molecule has 0 aromatic rings. The first-order valence-electron chi connectivity index (χ1n) is 53.8. The molecular weight excluding hydrogens is 1480 g/mol. The minimum atomic E-state index is -0.697. The Morgan fingerprint density at radius 1 is 0.261 bits per heavy atom. The molecule has 1 heterocycles. The number of ether oxygens (including phenoxy) is 3. The second-order valence-corrected chi connectivity index (χ2v) is 45.5. The molecule has 0 spiro atoms. The molecule has 0 bridgehead atoms. The van der Waals surface area contributed by atoms with Crippen molar-refractivity contribution in [3.63, 3.8) is 0 Å². The van der Waals surface area contributed by atoms with Crippen molar-refractivity contribution in [2.75, 3.05) is 254 Å². The third-order valence-corrected chi connectivity index (χ3v) is 31.1. The van der Waals surface area contributed by atoms with Crippen molar-refractivity contribution in [2.24, 2.45) is 0 Å². The Labute approximate surface area is 757 Å². The molecule has 11 nitrogen and oxygen atoms in total. The molecule has 0 aromatic heterocycles. The van der Waals surface area contributed by atoms with E-state index in [1.54, 1.807) is 50.3 Å². The van der Waals surface area contributed by atoms with Gasteiger partial charge in [-0.05, 0) is 183 Å². The average molecular weight is 1720 g/mol. The maximum atomic E-state index is 8.79. The zero-order valence-corrected chi connectivity index (χ0v) is 89.4. The molecule has 0 aliphatic carbocycles. The summed E-state index contributed by atoms with van der Waals surface area (Å²) in [6.45, 7) is 56.4. The van der Waals surface area contributed by atoms with E-state index in [0.717, 1.165) is 83.8 Å². The van der Waals surface area contributed by atoms with Gasteiger partial charge in [-0.15, -0.1) is 0 Å². The number of quaternary nitrogens is 6. The highest BCUT2D eigenvalue weighted by atomic mass is 31.2. The number of piperidine rings is 1. The second kappa shape index (κ2) is 97.1. The van der Waals surface area contributed by atoms with Crippen LogP contribution >= 0.6 is 7.26 Å². The van der Waals surface area contributed by atoms with Crippen LogP contribution in [0.4, 0.5) is 0 Å². The van der Waals surface area contributed by atoms with E-state index in [0.29, 0.717) is 6.61 Å². The molecule has 119 heavy (non-hydrogen) atoms. The lowest BCUT2D eigenvalue weighted by Gasteiger charge is -2.41. The Balaban J connectivity index is -0.000000325. The number of likely N-dealkylation sites (N-methyl/N-ethyl adjacent to an activating group) is 6. The highest BCUT2D eigenvalue weighted by molar-refractivity contribution is 7.75. The Morgan fingerprint density at radius 3 is 0.832 bits per heavy atom. The van der Waals surface area contributed by atoms with Crippen LogP contribution in [0.25, 0.3) is 0 Å². The van der Waals surface area contributed by atoms with E-state index in [4.69, 9.17) is 19.3 Å². The van der Waals surface area contributed by atoms with E-state index in [9.17, 15) is 0 Å². The van der Waals surface area contributed by atoms with Crippen molar-refractivity contribution < 1.29 is 46.2 Å². The fraction of sp³-hybridized carbons (Fsp3) is 1.00. The average Bonchev–Trinajstić information content (AvgIpc) is 0.870. The van der Waals surface area contributed by atoms with E-state index in [2.05, 4.69) is 179 Å². The van der Waals surface area contributed by atoms with Crippen molar-refractivity contribution in [2.45, 2.75) is 450 Å². The largest absolute Gasteiger partial charge is 0.391 e. The number of nitrogens with zero attached hydrogens (tertiary/aromatic N) is 7. The molecule has 0 aromatic carbocycles. The smallest absolute Gasteiger partial charge is 0.102 e. The molecule has 0 amide bonds. The van der Waals surface area contributed by atoms with E-state index < -0.39 is 7.26 Å². The second-order valence-electron chi connectivity index (χ2n) is 41.1. The van der Waals surface area contributed by atoms with E-state index in [-0.39, 0.29) is 0 Å². The predicted octanol–water partition coefficient (Wildman–Crippen LogP) is 29.5. The summed E-state index contributed by atoms with van der Waals surface area (Å²) < 4.78 is 23.5. The Bertz CT molecular complexity index is 1820. The standard InChI is InChI=1S/C32H68P.2C16H36NO.C13H28N.C12H29N2.C10H24NO.C8H20NO/c1-5-9-13-17-18-19-20-21-22-23-24-28-32-33(29-25-14-10-6-2,30-26-15-11-7-3)31-27-16-12-8-4;1-5-7-9-10-11-12-13-17(3,4)14-16-18-15-8-6-2;1-5-7-9-11-13-17(3,4)14-16-18-15-12-10-8-6-2;1-3-5-6-8-11-14(4-2)12-9-7-10-13-14;1-6-7-8-9-11-14(4,5)12-10-13(2)3;1-4-5-6-7-8-11(2,3)9-10-12;1-5-9(3,4)7-8-10-6-2/h5-32H2,1-4H3;2*5-16H2,1-4H3;3-13H2,1-2H3;6-12H2,1-5H3;12H,4-10H2,1-3H3;5-8H2,1-4H3/q7*+1. The van der Waals surface area contributed by atoms with Gasteiger partial charge in [-0.2, -0.15) is 0 Å². The summed E-state index contributed by atoms with van der Waals surface area (Å²) in [7, 11) is 26.4. The third kappa shape index (κ3) is 105. The molecule has 0 radical (unpaired) electrons. The minimum Gasteiger partial charge on any atom is -0.391 e. The summed E-state index contributed by atoms with van der Waals surface area (Å²) in [5, 5.41) is 8.79. The highest BCUT2D eigenvalue weighted by Gasteiger charge is 2.35. The molecule has 1 aliphatic rings. The van der Waals surface area contributed by atoms with Crippen molar-refractivity contribution in [3.8, 4) is 0 Å². The SMILES string of the molecule is CCCCCCCCCCCCCC[P+](CCCCCC)(CCCCCC)CCCCCC.CCCCCCCC[N+](C)(C)CCOCCCC.CCCCCCOCC[N+](C)(C)CCCCCC.CCCCCC[N+](C)(C)CCN(C)C.CCCCCC[N+](C)(C)CCO.CCCCCC[N+]1(CC)CCCCC1.CCOCC[N+](C)(C)CC. The van der Waals surface area contributed by atoms with Gasteiger partial charge in [0.25, 0.3) is 0 Å². The lowest BCUT2D eigenvalue weighted by atomic mass is 10.1. The normalized spacial score (nSPS) is 13.1.